The molecule has 114 heavy (non-hydrogen) atoms. The number of aliphatic hydroxyl groups excluding tert-OH is 1. The van der Waals surface area contributed by atoms with Gasteiger partial charge in [0.05, 0.1) is 13.7 Å². The summed E-state index contributed by atoms with van der Waals surface area (Å²) in [7, 11) is 3.78. The maximum absolute atomic E-state index is 13.6. The first kappa shape index (κ1) is 79.2. The Hall–Kier alpha value is -10.1. The highest BCUT2D eigenvalue weighted by molar-refractivity contribution is 6.32. The van der Waals surface area contributed by atoms with E-state index in [2.05, 4.69) is 61.4 Å². The fraction of sp³-hybridized carbons (Fsp3) is 0.300. The normalized spacial score (nSPS) is 17.6. The first-order valence-corrected chi connectivity index (χ1v) is 40.6. The summed E-state index contributed by atoms with van der Waals surface area (Å²) in [5.41, 5.74) is 13.6. The van der Waals surface area contributed by atoms with E-state index in [0.717, 1.165) is 104 Å². The molecule has 17 rings (SSSR count). The van der Waals surface area contributed by atoms with Gasteiger partial charge in [0.25, 0.3) is 0 Å². The number of benzene rings is 9. The number of rotatable bonds is 17. The predicted octanol–water partition coefficient (Wildman–Crippen LogP) is 20.3. The molecule has 3 aromatic heterocycles. The van der Waals surface area contributed by atoms with E-state index in [4.69, 9.17) is 86.4 Å². The molecule has 0 bridgehead atoms. The Morgan fingerprint density at radius 1 is 0.456 bits per heavy atom. The number of aromatic amines is 3. The van der Waals surface area contributed by atoms with Crippen LogP contribution in [-0.4, -0.2) is 150 Å². The number of likely N-dealkylation sites (tertiary alicyclic amines) is 1. The van der Waals surface area contributed by atoms with Crippen LogP contribution < -0.4 is 38.6 Å². The van der Waals surface area contributed by atoms with Gasteiger partial charge >= 0.3 is 18.3 Å². The van der Waals surface area contributed by atoms with Gasteiger partial charge in [-0.2, -0.15) is 0 Å². The molecule has 9 aromatic carbocycles. The van der Waals surface area contributed by atoms with Crippen LogP contribution >= 0.6 is 58.0 Å². The lowest BCUT2D eigenvalue weighted by Gasteiger charge is -2.35. The number of anilines is 1. The van der Waals surface area contributed by atoms with Gasteiger partial charge in [-0.15, -0.1) is 0 Å². The Bertz CT molecular complexity index is 5350. The maximum Gasteiger partial charge on any atom is 0.416 e. The third-order valence-corrected chi connectivity index (χ3v) is 23.0. The first-order chi connectivity index (χ1) is 55.3. The molecule has 0 saturated carbocycles. The zero-order chi connectivity index (χ0) is 79.1. The van der Waals surface area contributed by atoms with Crippen molar-refractivity contribution in [1.29, 1.82) is 0 Å². The summed E-state index contributed by atoms with van der Waals surface area (Å²) in [6, 6.07) is 61.7. The average molecular weight is 1640 g/mol. The average Bonchev–Trinajstić information content (AvgIpc) is 1.63. The topological polar surface area (TPSA) is 202 Å². The van der Waals surface area contributed by atoms with Gasteiger partial charge in [0.2, 0.25) is 0 Å². The Morgan fingerprint density at radius 2 is 0.825 bits per heavy atom. The van der Waals surface area contributed by atoms with Crippen LogP contribution in [0.3, 0.4) is 0 Å². The number of carbonyl (C=O) groups excluding carboxylic acids is 3. The first-order valence-electron chi connectivity index (χ1n) is 38.7. The second kappa shape index (κ2) is 35.8. The second-order valence-electron chi connectivity index (χ2n) is 29.9. The quantitative estimate of drug-likeness (QED) is 0.0577. The van der Waals surface area contributed by atoms with Crippen molar-refractivity contribution >= 4 is 115 Å². The molecule has 5 aliphatic heterocycles. The van der Waals surface area contributed by atoms with Crippen LogP contribution in [0.2, 0.25) is 25.1 Å². The van der Waals surface area contributed by atoms with Crippen molar-refractivity contribution in [2.75, 3.05) is 84.6 Å². The summed E-state index contributed by atoms with van der Waals surface area (Å²) in [5.74, 6) is 4.08. The largest absolute Gasteiger partial charge is 0.497 e. The lowest BCUT2D eigenvalue weighted by Crippen LogP contribution is -2.42. The molecule has 3 amide bonds. The number of carbonyl (C=O) groups is 3. The van der Waals surface area contributed by atoms with Gasteiger partial charge in [-0.25, -0.2) is 14.4 Å². The Balaban J connectivity index is 0.000000135. The molecule has 5 N–H and O–H groups in total. The summed E-state index contributed by atoms with van der Waals surface area (Å²) in [4.78, 5) is 61.2. The van der Waals surface area contributed by atoms with Gasteiger partial charge in [0.1, 0.15) is 65.3 Å². The Labute approximate surface area is 687 Å². The molecular formula is C90H90Cl5N9O10. The number of hydrogen-bond donors (Lipinski definition) is 5. The van der Waals surface area contributed by atoms with Gasteiger partial charge in [0, 0.05) is 138 Å². The summed E-state index contributed by atoms with van der Waals surface area (Å²) < 4.78 is 34.5. The SMILES string of the molecule is CC(C)NCC(O)COc1ccc(C2c3[nH]c4ccc(Cl)cc4c3CCN2C(=O)Oc2ccc(Cl)cc2)cc1.COc1ccc(OC(=O)N2CCc3c([nH]c4ccc(Cl)cc34)C2c2ccc(OCC3CCCN(C)C3)cc2)cc1.O=C(Oc1ccc(Cl)cc1)N1CCc2c([nH]c3ccc(Cl)cc23)C1c1ccc(N2CCCC2)cc1. The highest BCUT2D eigenvalue weighted by Crippen LogP contribution is 2.45. The van der Waals surface area contributed by atoms with Gasteiger partial charge in [-0.3, -0.25) is 14.7 Å². The lowest BCUT2D eigenvalue weighted by molar-refractivity contribution is 0.104. The lowest BCUT2D eigenvalue weighted by atomic mass is 9.92. The molecule has 5 atom stereocenters. The van der Waals surface area contributed by atoms with Crippen molar-refractivity contribution in [3.8, 4) is 34.5 Å². The molecule has 19 nitrogen and oxygen atoms in total. The number of halogens is 5. The fourth-order valence-corrected chi connectivity index (χ4v) is 16.9. The Kier molecular flexibility index (Phi) is 24.8. The molecule has 12 aromatic rings. The molecule has 8 heterocycles. The van der Waals surface area contributed by atoms with Crippen LogP contribution in [0.5, 0.6) is 34.5 Å². The van der Waals surface area contributed by atoms with E-state index in [-0.39, 0.29) is 30.8 Å². The smallest absolute Gasteiger partial charge is 0.416 e. The van der Waals surface area contributed by atoms with Crippen molar-refractivity contribution in [2.24, 2.45) is 5.92 Å². The van der Waals surface area contributed by atoms with Crippen LogP contribution in [0, 0.1) is 5.92 Å². The number of piperidine rings is 1. The number of ether oxygens (including phenoxy) is 6. The van der Waals surface area contributed by atoms with E-state index in [1.165, 1.54) is 42.5 Å². The summed E-state index contributed by atoms with van der Waals surface area (Å²) in [6.45, 7) is 11.3. The van der Waals surface area contributed by atoms with Crippen LogP contribution in [0.4, 0.5) is 20.1 Å². The van der Waals surface area contributed by atoms with Crippen molar-refractivity contribution in [1.82, 2.24) is 39.9 Å². The minimum Gasteiger partial charge on any atom is -0.497 e. The van der Waals surface area contributed by atoms with Crippen molar-refractivity contribution in [2.45, 2.75) is 89.1 Å². The van der Waals surface area contributed by atoms with Crippen LogP contribution in [0.25, 0.3) is 32.7 Å². The zero-order valence-electron chi connectivity index (χ0n) is 63.8. The number of H-pyrrole nitrogens is 3. The van der Waals surface area contributed by atoms with Gasteiger partial charge in [-0.1, -0.05) is 108 Å². The fourth-order valence-electron chi connectivity index (χ4n) is 16.1. The molecule has 5 unspecified atom stereocenters. The molecule has 5 aliphatic rings. The standard InChI is InChI=1S/C32H34ClN3O4.C30H31Cl2N3O4.C28H25Cl2N3O2/c1-35-16-3-4-21(19-35)20-39-25-8-5-22(6-9-25)31-30-27(28-18-23(33)7-14-29(28)34-30)15-17-36(31)32(37)40-26-12-10-24(38-2)11-13-26;1-18(2)33-16-22(36)17-38-23-8-3-19(4-9-23)29-28-25(26-15-21(32)7-12-27(26)34-28)13-14-35(29)30(37)39-24-10-5-20(31)6-11-24;29-19-5-10-22(11-6-19)35-28(34)33-16-13-23-24-17-20(30)7-12-25(24)31-26(23)27(33)18-3-8-21(9-4-18)32-14-1-2-15-32/h5-14,18,21,31,34H,3-4,15-17,19-20H2,1-2H3;3-12,15,18,22,29,33-34,36H,13-14,16-17H2,1-2H3;3-12,17,27,31H,1-2,13-16H2. The van der Waals surface area contributed by atoms with Gasteiger partial charge < -0.3 is 63.6 Å². The third-order valence-electron chi connectivity index (χ3n) is 21.8. The number of hydrogen-bond acceptors (Lipinski definition) is 13. The number of fused-ring (bicyclic) bond motifs is 9. The number of nitrogens with one attached hydrogen (secondary N) is 4. The van der Waals surface area contributed by atoms with Crippen molar-refractivity contribution < 1.29 is 47.9 Å². The van der Waals surface area contributed by atoms with Crippen molar-refractivity contribution in [3.63, 3.8) is 0 Å². The number of aromatic nitrogens is 3. The monoisotopic (exact) mass is 1630 g/mol. The minimum absolute atomic E-state index is 0.176. The van der Waals surface area contributed by atoms with E-state index in [1.807, 2.05) is 117 Å². The number of aliphatic hydroxyl groups is 1. The molecule has 590 valence electrons. The number of methoxy groups -OCH3 is 1. The van der Waals surface area contributed by atoms with E-state index in [9.17, 15) is 19.5 Å². The summed E-state index contributed by atoms with van der Waals surface area (Å²) in [5, 5.41) is 19.9. The predicted molar refractivity (Wildman–Crippen MR) is 452 cm³/mol. The Morgan fingerprint density at radius 3 is 1.22 bits per heavy atom. The zero-order valence-corrected chi connectivity index (χ0v) is 67.6. The molecule has 0 spiro atoms. The minimum atomic E-state index is -0.621. The van der Waals surface area contributed by atoms with Crippen LogP contribution in [0.15, 0.2) is 200 Å². The second-order valence-corrected chi connectivity index (χ2v) is 32.1. The molecule has 0 aliphatic carbocycles. The highest BCUT2D eigenvalue weighted by atomic mass is 35.5. The van der Waals surface area contributed by atoms with E-state index in [1.54, 1.807) is 94.6 Å². The highest BCUT2D eigenvalue weighted by Gasteiger charge is 2.40. The van der Waals surface area contributed by atoms with Gasteiger partial charge in [-0.05, 0) is 256 Å². The van der Waals surface area contributed by atoms with Crippen LogP contribution in [-0.2, 0) is 19.3 Å². The van der Waals surface area contributed by atoms with E-state index in [0.29, 0.717) is 112 Å². The number of nitrogens with zero attached hydrogens (tertiary/aromatic N) is 5. The molecular weight excluding hydrogens is 1540 g/mol. The molecule has 2 saturated heterocycles. The summed E-state index contributed by atoms with van der Waals surface area (Å²) >= 11 is 31.0. The van der Waals surface area contributed by atoms with E-state index >= 15 is 0 Å². The molecule has 0 radical (unpaired) electrons. The number of amides is 3. The van der Waals surface area contributed by atoms with Crippen LogP contribution in [0.1, 0.15) is 108 Å². The summed E-state index contributed by atoms with van der Waals surface area (Å²) in [6.07, 6.45) is 5.08. The third kappa shape index (κ3) is 18.3. The maximum atomic E-state index is 13.6. The van der Waals surface area contributed by atoms with Gasteiger partial charge in [0.15, 0.2) is 0 Å². The molecule has 24 heteroatoms. The van der Waals surface area contributed by atoms with Crippen molar-refractivity contribution in [3.05, 3.63) is 276 Å². The molecule has 2 fully saturated rings. The van der Waals surface area contributed by atoms with E-state index < -0.39 is 24.3 Å².